The molecule has 1 saturated heterocycles. The second-order valence-electron chi connectivity index (χ2n) is 5.65. The highest BCUT2D eigenvalue weighted by Crippen LogP contribution is 2.24. The molecule has 138 valence electrons. The molecule has 8 heteroatoms. The minimum absolute atomic E-state index is 0.108. The summed E-state index contributed by atoms with van der Waals surface area (Å²) in [6, 6.07) is 13.5. The largest absolute Gasteiger partial charge is 0.495 e. The average Bonchev–Trinajstić information content (AvgIpc) is 2.91. The van der Waals surface area contributed by atoms with Gasteiger partial charge in [0, 0.05) is 4.47 Å². The number of carbonyl (C=O) groups excluding carboxylic acids is 3. The summed E-state index contributed by atoms with van der Waals surface area (Å²) in [6.07, 6.45) is 1.56. The molecule has 1 heterocycles. The van der Waals surface area contributed by atoms with E-state index in [1.807, 2.05) is 18.2 Å². The second kappa shape index (κ2) is 8.05. The summed E-state index contributed by atoms with van der Waals surface area (Å²) in [5, 5.41) is 5.13. The molecule has 1 aliphatic rings. The molecule has 2 N–H and O–H groups in total. The number of imide groups is 1. The monoisotopic (exact) mass is 429 g/mol. The average molecular weight is 430 g/mol. The van der Waals surface area contributed by atoms with Crippen LogP contribution in [0, 0.1) is 0 Å². The standard InChI is InChI=1S/C19H16BrN3O4/c1-27-16-9-5-4-8-14(16)21-17(24)11-23-18(25)15(22-19(23)26)10-12-6-2-3-7-13(12)20/h2-10H,11H2,1H3,(H,21,24)(H,22,26)/b15-10+. The van der Waals surface area contributed by atoms with Crippen molar-refractivity contribution in [3.8, 4) is 5.75 Å². The molecule has 2 aromatic carbocycles. The number of nitrogens with one attached hydrogen (secondary N) is 2. The zero-order chi connectivity index (χ0) is 19.4. The lowest BCUT2D eigenvalue weighted by Crippen LogP contribution is -2.38. The van der Waals surface area contributed by atoms with Crippen LogP contribution in [0.25, 0.3) is 6.08 Å². The van der Waals surface area contributed by atoms with Crippen LogP contribution in [0.2, 0.25) is 0 Å². The van der Waals surface area contributed by atoms with Crippen LogP contribution in [0.15, 0.2) is 58.7 Å². The predicted molar refractivity (Wildman–Crippen MR) is 104 cm³/mol. The van der Waals surface area contributed by atoms with E-state index in [2.05, 4.69) is 26.6 Å². The summed E-state index contributed by atoms with van der Waals surface area (Å²) in [5.74, 6) is -0.589. The molecule has 2 aromatic rings. The van der Waals surface area contributed by atoms with E-state index in [4.69, 9.17) is 4.74 Å². The summed E-state index contributed by atoms with van der Waals surface area (Å²) in [4.78, 5) is 37.7. The Morgan fingerprint density at radius 2 is 1.89 bits per heavy atom. The lowest BCUT2D eigenvalue weighted by Gasteiger charge is -2.13. The highest BCUT2D eigenvalue weighted by atomic mass is 79.9. The minimum atomic E-state index is -0.645. The number of amides is 4. The summed E-state index contributed by atoms with van der Waals surface area (Å²) in [6.45, 7) is -0.407. The van der Waals surface area contributed by atoms with Crippen molar-refractivity contribution in [1.82, 2.24) is 10.2 Å². The summed E-state index contributed by atoms with van der Waals surface area (Å²) >= 11 is 3.39. The lowest BCUT2D eigenvalue weighted by molar-refractivity contribution is -0.127. The number of nitrogens with zero attached hydrogens (tertiary/aromatic N) is 1. The first-order valence-corrected chi connectivity index (χ1v) is 8.81. The zero-order valence-corrected chi connectivity index (χ0v) is 15.9. The first kappa shape index (κ1) is 18.7. The number of hydrogen-bond donors (Lipinski definition) is 2. The van der Waals surface area contributed by atoms with Crippen molar-refractivity contribution in [3.05, 3.63) is 64.3 Å². The number of benzene rings is 2. The fourth-order valence-corrected chi connectivity index (χ4v) is 2.94. The summed E-state index contributed by atoms with van der Waals surface area (Å²) in [7, 11) is 1.49. The Hall–Kier alpha value is -3.13. The molecular weight excluding hydrogens is 414 g/mol. The smallest absolute Gasteiger partial charge is 0.329 e. The van der Waals surface area contributed by atoms with E-state index >= 15 is 0 Å². The van der Waals surface area contributed by atoms with Gasteiger partial charge in [-0.1, -0.05) is 46.3 Å². The Labute approximate surface area is 164 Å². The van der Waals surface area contributed by atoms with E-state index < -0.39 is 24.4 Å². The molecule has 7 nitrogen and oxygen atoms in total. The van der Waals surface area contributed by atoms with Crippen LogP contribution < -0.4 is 15.4 Å². The van der Waals surface area contributed by atoms with E-state index in [9.17, 15) is 14.4 Å². The number of urea groups is 1. The van der Waals surface area contributed by atoms with Gasteiger partial charge in [0.25, 0.3) is 5.91 Å². The molecule has 1 fully saturated rings. The molecule has 0 unspecified atom stereocenters. The Bertz CT molecular complexity index is 942. The van der Waals surface area contributed by atoms with E-state index in [-0.39, 0.29) is 5.70 Å². The highest BCUT2D eigenvalue weighted by Gasteiger charge is 2.35. The summed E-state index contributed by atoms with van der Waals surface area (Å²) < 4.78 is 5.95. The van der Waals surface area contributed by atoms with Gasteiger partial charge in [0.15, 0.2) is 0 Å². The third-order valence-electron chi connectivity index (χ3n) is 3.85. The number of hydrogen-bond acceptors (Lipinski definition) is 4. The molecule has 0 aromatic heterocycles. The molecule has 0 radical (unpaired) electrons. The highest BCUT2D eigenvalue weighted by molar-refractivity contribution is 9.10. The quantitative estimate of drug-likeness (QED) is 0.564. The zero-order valence-electron chi connectivity index (χ0n) is 14.4. The Kier molecular flexibility index (Phi) is 5.56. The fraction of sp³-hybridized carbons (Fsp3) is 0.105. The first-order chi connectivity index (χ1) is 13.0. The van der Waals surface area contributed by atoms with Crippen molar-refractivity contribution in [3.63, 3.8) is 0 Å². The van der Waals surface area contributed by atoms with Crippen LogP contribution in [0.1, 0.15) is 5.56 Å². The van der Waals surface area contributed by atoms with Crippen molar-refractivity contribution >= 4 is 45.5 Å². The molecular formula is C19H16BrN3O4. The van der Waals surface area contributed by atoms with Gasteiger partial charge in [-0.2, -0.15) is 0 Å². The van der Waals surface area contributed by atoms with Gasteiger partial charge in [-0.25, -0.2) is 9.69 Å². The van der Waals surface area contributed by atoms with Crippen LogP contribution in [0.3, 0.4) is 0 Å². The van der Waals surface area contributed by atoms with E-state index in [0.29, 0.717) is 11.4 Å². The Balaban J connectivity index is 1.72. The molecule has 0 bridgehead atoms. The van der Waals surface area contributed by atoms with Gasteiger partial charge in [0.2, 0.25) is 5.91 Å². The normalized spacial score (nSPS) is 15.0. The molecule has 0 spiro atoms. The molecule has 0 aliphatic carbocycles. The van der Waals surface area contributed by atoms with Crippen molar-refractivity contribution in [2.45, 2.75) is 0 Å². The third kappa shape index (κ3) is 4.17. The van der Waals surface area contributed by atoms with Gasteiger partial charge in [-0.05, 0) is 29.8 Å². The van der Waals surface area contributed by atoms with Crippen molar-refractivity contribution in [2.75, 3.05) is 19.0 Å². The summed E-state index contributed by atoms with van der Waals surface area (Å²) in [5.41, 5.74) is 1.31. The Morgan fingerprint density at radius 1 is 1.19 bits per heavy atom. The van der Waals surface area contributed by atoms with Gasteiger partial charge in [0.1, 0.15) is 18.0 Å². The number of ether oxygens (including phenoxy) is 1. The molecule has 3 rings (SSSR count). The van der Waals surface area contributed by atoms with Gasteiger partial charge in [0.05, 0.1) is 12.8 Å². The van der Waals surface area contributed by atoms with Crippen LogP contribution in [-0.2, 0) is 9.59 Å². The number of methoxy groups -OCH3 is 1. The van der Waals surface area contributed by atoms with Crippen molar-refractivity contribution < 1.29 is 19.1 Å². The maximum atomic E-state index is 12.5. The fourth-order valence-electron chi connectivity index (χ4n) is 2.54. The van der Waals surface area contributed by atoms with Gasteiger partial charge >= 0.3 is 6.03 Å². The SMILES string of the molecule is COc1ccccc1NC(=O)CN1C(=O)N/C(=C/c2ccccc2Br)C1=O. The third-order valence-corrected chi connectivity index (χ3v) is 4.57. The van der Waals surface area contributed by atoms with Gasteiger partial charge in [-0.15, -0.1) is 0 Å². The van der Waals surface area contributed by atoms with Gasteiger partial charge in [-0.3, -0.25) is 9.59 Å². The molecule has 1 aliphatic heterocycles. The van der Waals surface area contributed by atoms with Crippen LogP contribution in [0.5, 0.6) is 5.75 Å². The predicted octanol–water partition coefficient (Wildman–Crippen LogP) is 2.99. The molecule has 0 atom stereocenters. The number of rotatable bonds is 5. The van der Waals surface area contributed by atoms with Crippen molar-refractivity contribution in [1.29, 1.82) is 0 Å². The Morgan fingerprint density at radius 3 is 2.63 bits per heavy atom. The van der Waals surface area contributed by atoms with Gasteiger partial charge < -0.3 is 15.4 Å². The number of halogens is 1. The second-order valence-corrected chi connectivity index (χ2v) is 6.50. The maximum Gasteiger partial charge on any atom is 0.329 e. The lowest BCUT2D eigenvalue weighted by atomic mass is 10.2. The topological polar surface area (TPSA) is 87.7 Å². The van der Waals surface area contributed by atoms with E-state index in [1.54, 1.807) is 36.4 Å². The van der Waals surface area contributed by atoms with Crippen LogP contribution in [0.4, 0.5) is 10.5 Å². The van der Waals surface area contributed by atoms with Crippen LogP contribution in [-0.4, -0.2) is 36.4 Å². The van der Waals surface area contributed by atoms with Crippen molar-refractivity contribution in [2.24, 2.45) is 0 Å². The molecule has 4 amide bonds. The van der Waals surface area contributed by atoms with Crippen LogP contribution >= 0.6 is 15.9 Å². The van der Waals surface area contributed by atoms with E-state index in [1.165, 1.54) is 7.11 Å². The minimum Gasteiger partial charge on any atom is -0.495 e. The number of para-hydroxylation sites is 2. The maximum absolute atomic E-state index is 12.5. The number of carbonyl (C=O) groups is 3. The van der Waals surface area contributed by atoms with E-state index in [0.717, 1.165) is 14.9 Å². The first-order valence-electron chi connectivity index (χ1n) is 8.01. The molecule has 0 saturated carbocycles. The molecule has 27 heavy (non-hydrogen) atoms. The number of anilines is 1.